The molecule has 6 nitrogen and oxygen atoms in total. The molecular weight excluding hydrogens is 472 g/mol. The van der Waals surface area contributed by atoms with E-state index < -0.39 is 5.97 Å². The zero-order chi connectivity index (χ0) is 22.2. The average molecular weight is 491 g/mol. The molecule has 3 aromatic heterocycles. The SMILES string of the molecule is CCOC(=O)COc1cc2c(=O)ccn3c4ccc(Br)cc4c(c1Cc1cccnc1)c23. The lowest BCUT2D eigenvalue weighted by molar-refractivity contribution is -0.145. The molecule has 0 fully saturated rings. The number of aromatic nitrogens is 2. The van der Waals surface area contributed by atoms with Gasteiger partial charge in [-0.3, -0.25) is 9.78 Å². The fraction of sp³-hybridized carbons (Fsp3) is 0.160. The van der Waals surface area contributed by atoms with Gasteiger partial charge in [0.1, 0.15) is 5.75 Å². The van der Waals surface area contributed by atoms with E-state index in [0.717, 1.165) is 37.4 Å². The number of ether oxygens (including phenoxy) is 2. The molecule has 0 bridgehead atoms. The first kappa shape index (κ1) is 20.5. The molecule has 160 valence electrons. The number of halogens is 1. The summed E-state index contributed by atoms with van der Waals surface area (Å²) in [5, 5.41) is 2.47. The fourth-order valence-electron chi connectivity index (χ4n) is 4.19. The first-order valence-electron chi connectivity index (χ1n) is 10.3. The number of nitrogens with zero attached hydrogens (tertiary/aromatic N) is 2. The summed E-state index contributed by atoms with van der Waals surface area (Å²) < 4.78 is 13.9. The van der Waals surface area contributed by atoms with Crippen LogP contribution in [-0.4, -0.2) is 28.6 Å². The van der Waals surface area contributed by atoms with Crippen molar-refractivity contribution in [1.29, 1.82) is 0 Å². The Balaban J connectivity index is 1.83. The van der Waals surface area contributed by atoms with E-state index in [0.29, 0.717) is 17.6 Å². The third-order valence-electron chi connectivity index (χ3n) is 5.49. The van der Waals surface area contributed by atoms with E-state index in [1.807, 2.05) is 34.7 Å². The lowest BCUT2D eigenvalue weighted by atomic mass is 9.97. The molecule has 7 heteroatoms. The van der Waals surface area contributed by atoms with Crippen molar-refractivity contribution >= 4 is 49.1 Å². The van der Waals surface area contributed by atoms with Crippen molar-refractivity contribution in [3.8, 4) is 5.75 Å². The van der Waals surface area contributed by atoms with Crippen LogP contribution in [0.15, 0.2) is 70.3 Å². The van der Waals surface area contributed by atoms with E-state index in [1.54, 1.807) is 37.6 Å². The van der Waals surface area contributed by atoms with E-state index in [2.05, 4.69) is 20.9 Å². The predicted octanol–water partition coefficient (Wildman–Crippen LogP) is 4.73. The summed E-state index contributed by atoms with van der Waals surface area (Å²) in [4.78, 5) is 29.0. The van der Waals surface area contributed by atoms with Gasteiger partial charge in [0, 0.05) is 51.9 Å². The van der Waals surface area contributed by atoms with E-state index >= 15 is 0 Å². The van der Waals surface area contributed by atoms with Crippen LogP contribution in [0, 0.1) is 0 Å². The Morgan fingerprint density at radius 2 is 2.03 bits per heavy atom. The normalized spacial score (nSPS) is 11.4. The summed E-state index contributed by atoms with van der Waals surface area (Å²) in [6.07, 6.45) is 5.87. The summed E-state index contributed by atoms with van der Waals surface area (Å²) in [5.41, 5.74) is 3.62. The van der Waals surface area contributed by atoms with Gasteiger partial charge in [-0.1, -0.05) is 22.0 Å². The highest BCUT2D eigenvalue weighted by Crippen LogP contribution is 2.40. The highest BCUT2D eigenvalue weighted by atomic mass is 79.9. The standard InChI is InChI=1S/C25H19BrN2O4/c1-2-31-23(30)14-32-22-12-18-21(29)7-9-28-20-6-5-16(26)11-17(20)24(25(18)28)19(22)10-15-4-3-8-27-13-15/h3-9,11-13H,2,10,14H2,1H3. The molecule has 0 aliphatic heterocycles. The molecule has 0 N–H and O–H groups in total. The van der Waals surface area contributed by atoms with Gasteiger partial charge in [0.05, 0.1) is 23.0 Å². The Bertz CT molecular complexity index is 1510. The van der Waals surface area contributed by atoms with Crippen LogP contribution < -0.4 is 10.2 Å². The average Bonchev–Trinajstić information content (AvgIpc) is 3.11. The number of carbonyl (C=O) groups excluding carboxylic acids is 1. The topological polar surface area (TPSA) is 69.9 Å². The molecule has 0 aliphatic carbocycles. The number of benzene rings is 2. The molecule has 0 amide bonds. The molecule has 0 unspecified atom stereocenters. The van der Waals surface area contributed by atoms with E-state index in [1.165, 1.54) is 0 Å². The molecular formula is C25H19BrN2O4. The number of hydrogen-bond donors (Lipinski definition) is 0. The van der Waals surface area contributed by atoms with Gasteiger partial charge >= 0.3 is 5.97 Å². The van der Waals surface area contributed by atoms with Crippen LogP contribution in [0.5, 0.6) is 5.75 Å². The first-order chi connectivity index (χ1) is 15.6. The van der Waals surface area contributed by atoms with Crippen molar-refractivity contribution in [2.75, 3.05) is 13.2 Å². The summed E-state index contributed by atoms with van der Waals surface area (Å²) in [6, 6.07) is 13.2. The maximum atomic E-state index is 12.8. The van der Waals surface area contributed by atoms with E-state index in [4.69, 9.17) is 9.47 Å². The molecule has 0 aliphatic rings. The van der Waals surface area contributed by atoms with Crippen molar-refractivity contribution in [2.45, 2.75) is 13.3 Å². The maximum absolute atomic E-state index is 12.8. The molecule has 0 atom stereocenters. The van der Waals surface area contributed by atoms with Crippen LogP contribution in [-0.2, 0) is 16.0 Å². The van der Waals surface area contributed by atoms with Crippen LogP contribution in [0.2, 0.25) is 0 Å². The van der Waals surface area contributed by atoms with Crippen LogP contribution in [0.4, 0.5) is 0 Å². The molecule has 5 rings (SSSR count). The highest BCUT2D eigenvalue weighted by Gasteiger charge is 2.21. The number of esters is 1. The molecule has 0 radical (unpaired) electrons. The third-order valence-corrected chi connectivity index (χ3v) is 5.98. The second-order valence-electron chi connectivity index (χ2n) is 7.47. The van der Waals surface area contributed by atoms with Gasteiger partial charge < -0.3 is 13.9 Å². The van der Waals surface area contributed by atoms with Gasteiger partial charge in [0.2, 0.25) is 0 Å². The van der Waals surface area contributed by atoms with Gasteiger partial charge in [-0.25, -0.2) is 4.79 Å². The van der Waals surface area contributed by atoms with Gasteiger partial charge in [-0.05, 0) is 42.8 Å². The Morgan fingerprint density at radius 3 is 2.81 bits per heavy atom. The lowest BCUT2D eigenvalue weighted by Gasteiger charge is -2.14. The Morgan fingerprint density at radius 1 is 1.16 bits per heavy atom. The number of rotatable bonds is 6. The molecule has 5 aromatic rings. The largest absolute Gasteiger partial charge is 0.482 e. The number of carbonyl (C=O) groups is 1. The minimum atomic E-state index is -0.454. The lowest BCUT2D eigenvalue weighted by Crippen LogP contribution is -2.15. The number of fused-ring (bicyclic) bond motifs is 3. The molecule has 0 spiro atoms. The monoisotopic (exact) mass is 490 g/mol. The smallest absolute Gasteiger partial charge is 0.344 e. The van der Waals surface area contributed by atoms with Gasteiger partial charge in [-0.2, -0.15) is 0 Å². The van der Waals surface area contributed by atoms with Crippen LogP contribution in [0.3, 0.4) is 0 Å². The molecule has 0 saturated heterocycles. The van der Waals surface area contributed by atoms with Gasteiger partial charge in [0.15, 0.2) is 12.0 Å². The molecule has 32 heavy (non-hydrogen) atoms. The zero-order valence-corrected chi connectivity index (χ0v) is 18.9. The fourth-order valence-corrected chi connectivity index (χ4v) is 4.55. The molecule has 2 aromatic carbocycles. The van der Waals surface area contributed by atoms with Crippen LogP contribution in [0.25, 0.3) is 27.2 Å². The van der Waals surface area contributed by atoms with Crippen molar-refractivity contribution in [1.82, 2.24) is 9.38 Å². The Kier molecular flexibility index (Phi) is 5.27. The van der Waals surface area contributed by atoms with Crippen molar-refractivity contribution in [2.24, 2.45) is 0 Å². The van der Waals surface area contributed by atoms with Crippen molar-refractivity contribution < 1.29 is 14.3 Å². The third kappa shape index (κ3) is 3.48. The molecule has 0 saturated carbocycles. The van der Waals surface area contributed by atoms with Gasteiger partial charge in [0.25, 0.3) is 0 Å². The van der Waals surface area contributed by atoms with Crippen molar-refractivity contribution in [3.63, 3.8) is 0 Å². The minimum Gasteiger partial charge on any atom is -0.482 e. The first-order valence-corrected chi connectivity index (χ1v) is 11.0. The van der Waals surface area contributed by atoms with E-state index in [9.17, 15) is 9.59 Å². The highest BCUT2D eigenvalue weighted by molar-refractivity contribution is 9.10. The minimum absolute atomic E-state index is 0.0988. The van der Waals surface area contributed by atoms with Gasteiger partial charge in [-0.15, -0.1) is 0 Å². The summed E-state index contributed by atoms with van der Waals surface area (Å²) in [5.74, 6) is 0.0389. The summed E-state index contributed by atoms with van der Waals surface area (Å²) >= 11 is 3.58. The van der Waals surface area contributed by atoms with E-state index in [-0.39, 0.29) is 18.6 Å². The maximum Gasteiger partial charge on any atom is 0.344 e. The van der Waals surface area contributed by atoms with Crippen molar-refractivity contribution in [3.05, 3.63) is 86.9 Å². The Labute approximate surface area is 191 Å². The van der Waals surface area contributed by atoms with Crippen LogP contribution in [0.1, 0.15) is 18.1 Å². The number of pyridine rings is 2. The quantitative estimate of drug-likeness (QED) is 0.321. The van der Waals surface area contributed by atoms with Crippen LogP contribution >= 0.6 is 15.9 Å². The number of hydrogen-bond acceptors (Lipinski definition) is 5. The summed E-state index contributed by atoms with van der Waals surface area (Å²) in [7, 11) is 0. The predicted molar refractivity (Wildman–Crippen MR) is 127 cm³/mol. The Hall–Kier alpha value is -3.45. The second kappa shape index (κ2) is 8.24. The zero-order valence-electron chi connectivity index (χ0n) is 17.3. The molecule has 3 heterocycles. The summed E-state index contributed by atoms with van der Waals surface area (Å²) in [6.45, 7) is 1.80. The second-order valence-corrected chi connectivity index (χ2v) is 8.38.